The molecule has 0 aromatic carbocycles. The van der Waals surface area contributed by atoms with Gasteiger partial charge in [0, 0.05) is 6.61 Å². The molecule has 0 fully saturated rings. The number of nitrogens with one attached hydrogen (secondary N) is 1. The lowest BCUT2D eigenvalue weighted by Crippen LogP contribution is -2.17. The van der Waals surface area contributed by atoms with Gasteiger partial charge in [-0.15, -0.1) is 0 Å². The molecule has 15 heavy (non-hydrogen) atoms. The Morgan fingerprint density at radius 2 is 1.87 bits per heavy atom. The highest BCUT2D eigenvalue weighted by Crippen LogP contribution is 2.07. The average Bonchev–Trinajstić information content (AvgIpc) is 2.24. The van der Waals surface area contributed by atoms with Gasteiger partial charge in [0.25, 0.3) is 0 Å². The fourth-order valence-corrected chi connectivity index (χ4v) is 1.60. The predicted octanol–water partition coefficient (Wildman–Crippen LogP) is 3.36. The SMILES string of the molecule is CCCCCCC(C)OCCCNCC. The van der Waals surface area contributed by atoms with Gasteiger partial charge >= 0.3 is 0 Å². The van der Waals surface area contributed by atoms with Crippen LogP contribution in [0.25, 0.3) is 0 Å². The Hall–Kier alpha value is -0.0800. The summed E-state index contributed by atoms with van der Waals surface area (Å²) in [6.45, 7) is 9.63. The van der Waals surface area contributed by atoms with Crippen LogP contribution in [0.2, 0.25) is 0 Å². The average molecular weight is 215 g/mol. The van der Waals surface area contributed by atoms with Gasteiger partial charge in [0.2, 0.25) is 0 Å². The Morgan fingerprint density at radius 1 is 1.07 bits per heavy atom. The molecule has 0 heterocycles. The Bertz CT molecular complexity index is 117. The molecule has 0 rings (SSSR count). The minimum absolute atomic E-state index is 0.448. The monoisotopic (exact) mass is 215 g/mol. The summed E-state index contributed by atoms with van der Waals surface area (Å²) in [4.78, 5) is 0. The van der Waals surface area contributed by atoms with Crippen LogP contribution in [-0.2, 0) is 4.74 Å². The second kappa shape index (κ2) is 12.0. The number of ether oxygens (including phenoxy) is 1. The number of hydrogen-bond donors (Lipinski definition) is 1. The fraction of sp³-hybridized carbons (Fsp3) is 1.00. The smallest absolute Gasteiger partial charge is 0.0547 e. The second-order valence-corrected chi connectivity index (χ2v) is 4.24. The number of unbranched alkanes of at least 4 members (excludes halogenated alkanes) is 3. The minimum Gasteiger partial charge on any atom is -0.378 e. The molecular weight excluding hydrogens is 186 g/mol. The van der Waals surface area contributed by atoms with Gasteiger partial charge in [-0.3, -0.25) is 0 Å². The topological polar surface area (TPSA) is 21.3 Å². The van der Waals surface area contributed by atoms with Crippen LogP contribution in [0.3, 0.4) is 0 Å². The Morgan fingerprint density at radius 3 is 2.53 bits per heavy atom. The molecule has 2 heteroatoms. The van der Waals surface area contributed by atoms with Crippen LogP contribution in [-0.4, -0.2) is 25.8 Å². The molecule has 0 aromatic heterocycles. The molecule has 0 aliphatic rings. The molecule has 1 atom stereocenters. The maximum Gasteiger partial charge on any atom is 0.0547 e. The van der Waals surface area contributed by atoms with Gasteiger partial charge in [0.05, 0.1) is 6.10 Å². The highest BCUT2D eigenvalue weighted by molar-refractivity contribution is 4.52. The third kappa shape index (κ3) is 11.8. The summed E-state index contributed by atoms with van der Waals surface area (Å²) in [5, 5.41) is 3.30. The third-order valence-electron chi connectivity index (χ3n) is 2.61. The molecule has 0 bridgehead atoms. The largest absolute Gasteiger partial charge is 0.378 e. The van der Waals surface area contributed by atoms with Crippen LogP contribution in [0.4, 0.5) is 0 Å². The van der Waals surface area contributed by atoms with Crippen molar-refractivity contribution in [2.45, 2.75) is 65.4 Å². The molecule has 0 aliphatic heterocycles. The van der Waals surface area contributed by atoms with E-state index < -0.39 is 0 Å². The van der Waals surface area contributed by atoms with Crippen LogP contribution in [0, 0.1) is 0 Å². The molecule has 2 nitrogen and oxygen atoms in total. The van der Waals surface area contributed by atoms with E-state index in [-0.39, 0.29) is 0 Å². The van der Waals surface area contributed by atoms with Crippen molar-refractivity contribution in [3.05, 3.63) is 0 Å². The van der Waals surface area contributed by atoms with Gasteiger partial charge in [-0.2, -0.15) is 0 Å². The van der Waals surface area contributed by atoms with Crippen molar-refractivity contribution in [3.8, 4) is 0 Å². The Labute approximate surface area is 95.8 Å². The molecule has 0 aliphatic carbocycles. The first-order valence-corrected chi connectivity index (χ1v) is 6.63. The van der Waals surface area contributed by atoms with E-state index in [1.165, 1.54) is 32.1 Å². The van der Waals surface area contributed by atoms with E-state index in [4.69, 9.17) is 4.74 Å². The summed E-state index contributed by atoms with van der Waals surface area (Å²) < 4.78 is 5.73. The van der Waals surface area contributed by atoms with Gasteiger partial charge in [0.15, 0.2) is 0 Å². The first-order valence-electron chi connectivity index (χ1n) is 6.63. The number of hydrogen-bond acceptors (Lipinski definition) is 2. The lowest BCUT2D eigenvalue weighted by atomic mass is 10.1. The van der Waals surface area contributed by atoms with E-state index in [0.29, 0.717) is 6.10 Å². The minimum atomic E-state index is 0.448. The van der Waals surface area contributed by atoms with E-state index in [1.807, 2.05) is 0 Å². The Balaban J connectivity index is 3.08. The molecule has 0 aromatic rings. The number of rotatable bonds is 11. The molecule has 1 unspecified atom stereocenters. The van der Waals surface area contributed by atoms with E-state index in [0.717, 1.165) is 26.1 Å². The predicted molar refractivity (Wildman–Crippen MR) is 67.3 cm³/mol. The maximum atomic E-state index is 5.73. The highest BCUT2D eigenvalue weighted by Gasteiger charge is 2.00. The lowest BCUT2D eigenvalue weighted by molar-refractivity contribution is 0.0570. The normalized spacial score (nSPS) is 13.0. The van der Waals surface area contributed by atoms with Gasteiger partial charge in [-0.25, -0.2) is 0 Å². The van der Waals surface area contributed by atoms with Crippen LogP contribution in [0.15, 0.2) is 0 Å². The summed E-state index contributed by atoms with van der Waals surface area (Å²) in [5.74, 6) is 0. The van der Waals surface area contributed by atoms with Crippen LogP contribution in [0.5, 0.6) is 0 Å². The maximum absolute atomic E-state index is 5.73. The molecule has 0 saturated heterocycles. The third-order valence-corrected chi connectivity index (χ3v) is 2.61. The summed E-state index contributed by atoms with van der Waals surface area (Å²) in [7, 11) is 0. The quantitative estimate of drug-likeness (QED) is 0.534. The second-order valence-electron chi connectivity index (χ2n) is 4.24. The van der Waals surface area contributed by atoms with Crippen molar-refractivity contribution in [1.82, 2.24) is 5.32 Å². The van der Waals surface area contributed by atoms with Crippen molar-refractivity contribution in [2.75, 3.05) is 19.7 Å². The van der Waals surface area contributed by atoms with Gasteiger partial charge in [0.1, 0.15) is 0 Å². The molecule has 1 N–H and O–H groups in total. The van der Waals surface area contributed by atoms with Crippen molar-refractivity contribution in [2.24, 2.45) is 0 Å². The van der Waals surface area contributed by atoms with Crippen LogP contribution >= 0.6 is 0 Å². The molecule has 92 valence electrons. The summed E-state index contributed by atoms with van der Waals surface area (Å²) in [6.07, 6.45) is 8.17. The van der Waals surface area contributed by atoms with Gasteiger partial charge in [-0.1, -0.05) is 39.5 Å². The van der Waals surface area contributed by atoms with E-state index in [2.05, 4.69) is 26.1 Å². The molecule has 0 spiro atoms. The van der Waals surface area contributed by atoms with E-state index >= 15 is 0 Å². The first kappa shape index (κ1) is 14.9. The summed E-state index contributed by atoms with van der Waals surface area (Å²) >= 11 is 0. The van der Waals surface area contributed by atoms with Crippen molar-refractivity contribution < 1.29 is 4.74 Å². The van der Waals surface area contributed by atoms with Crippen molar-refractivity contribution >= 4 is 0 Å². The van der Waals surface area contributed by atoms with Crippen LogP contribution < -0.4 is 5.32 Å². The highest BCUT2D eigenvalue weighted by atomic mass is 16.5. The zero-order valence-electron chi connectivity index (χ0n) is 10.8. The first-order chi connectivity index (χ1) is 7.31. The fourth-order valence-electron chi connectivity index (χ4n) is 1.60. The lowest BCUT2D eigenvalue weighted by Gasteiger charge is -2.12. The van der Waals surface area contributed by atoms with E-state index in [1.54, 1.807) is 0 Å². The van der Waals surface area contributed by atoms with Crippen molar-refractivity contribution in [3.63, 3.8) is 0 Å². The molecule has 0 amide bonds. The van der Waals surface area contributed by atoms with Crippen LogP contribution in [0.1, 0.15) is 59.3 Å². The van der Waals surface area contributed by atoms with Gasteiger partial charge in [-0.05, 0) is 32.9 Å². The molecular formula is C13H29NO. The molecule has 0 saturated carbocycles. The molecule has 0 radical (unpaired) electrons. The van der Waals surface area contributed by atoms with E-state index in [9.17, 15) is 0 Å². The van der Waals surface area contributed by atoms with Crippen molar-refractivity contribution in [1.29, 1.82) is 0 Å². The zero-order valence-corrected chi connectivity index (χ0v) is 10.8. The summed E-state index contributed by atoms with van der Waals surface area (Å²) in [6, 6.07) is 0. The zero-order chi connectivity index (χ0) is 11.4. The van der Waals surface area contributed by atoms with Gasteiger partial charge < -0.3 is 10.1 Å². The Kier molecular flexibility index (Phi) is 11.9. The summed E-state index contributed by atoms with van der Waals surface area (Å²) in [5.41, 5.74) is 0. The standard InChI is InChI=1S/C13H29NO/c1-4-6-7-8-10-13(3)15-12-9-11-14-5-2/h13-14H,4-12H2,1-3H3.